The first-order valence-electron chi connectivity index (χ1n) is 31.9. The zero-order valence-corrected chi connectivity index (χ0v) is 52.0. The lowest BCUT2D eigenvalue weighted by Crippen LogP contribution is -2.69. The first kappa shape index (κ1) is 75.8. The minimum atomic E-state index is -2.17. The molecule has 22 heterocycles. The summed E-state index contributed by atoms with van der Waals surface area (Å²) in [7, 11) is 0. The highest BCUT2D eigenvalue weighted by Gasteiger charge is 2.59. The average molecular weight is 1370 g/mol. The Kier molecular flexibility index (Phi) is 28.9. The standard InChI is InChI=1S/C60H92N2O33/c1-2-3-4-5-6-27-7-9-28(10-8-27)61-62-29-11-13-30(14-12-29)83-20-19-81-16-15-80-17-18-82-26-36-54-42(73)48(79)60(89-36)94-53-35(25-67)87-58(46(77)40(53)71)92-51-33(23-65)85-56(44(75)38(51)69)90-49-31(21-63)84-55(43(74)37(49)68)91-50-32(22-64)86-57(45(76)39(50)70)93-52-34(24-66)88-59(95-54)47(78)41(52)72/h7-14,31-60,63-79H,2-6,15-26H2,1H3/t31-,32-,33-,34-,35-,36-,37-,38-,39-,40-,41-,42-,43-,44-,45-,46-,47-,48-,49-,50-,51-,52-,53-,54-,55-,56-,57-,58-,59-,60-/m1/s1. The summed E-state index contributed by atoms with van der Waals surface area (Å²) < 4.78 is 92.9. The fraction of sp³-hybridized carbons (Fsp3) is 0.800. The van der Waals surface area contributed by atoms with Gasteiger partial charge in [0.25, 0.3) is 0 Å². The first-order valence-corrected chi connectivity index (χ1v) is 31.9. The zero-order valence-electron chi connectivity index (χ0n) is 52.0. The quantitative estimate of drug-likeness (QED) is 0.0343. The first-order chi connectivity index (χ1) is 45.8. The van der Waals surface area contributed by atoms with E-state index in [1.807, 2.05) is 12.1 Å². The van der Waals surface area contributed by atoms with Gasteiger partial charge in [0.1, 0.15) is 159 Å². The van der Waals surface area contributed by atoms with E-state index < -0.39 is 224 Å². The van der Waals surface area contributed by atoms with Gasteiger partial charge in [-0.3, -0.25) is 0 Å². The van der Waals surface area contributed by atoms with Crippen LogP contribution in [-0.4, -0.2) is 350 Å². The third-order valence-corrected chi connectivity index (χ3v) is 17.4. The SMILES string of the molecule is CCCCCCc1ccc(N=Nc2ccc(OCCOCCOCCOC[C@H]3O[C@@H]4O[C@H]5[C@H](O)[C@@H](O)[C@@H](O[C@H]6[C@H](O)[C@@H](O)[C@@H](O[C@H]7[C@H](O)[C@@H](O)[C@@H](O[C@H]8[C@H](O)[C@@H](O)[C@@H](O[C@H]9[C@H](O)[C@@H](O)[C@@H](O[C@H]3[C@H](O)[C@H]4O)O[C@@H]9CO)O[C@@H]8CO)O[C@@H]7CO)O[C@@H]6CO)O[C@@H]5CO)cc2)cc1. The van der Waals surface area contributed by atoms with Gasteiger partial charge < -0.3 is 163 Å². The van der Waals surface area contributed by atoms with Crippen LogP contribution in [0.15, 0.2) is 58.8 Å². The van der Waals surface area contributed by atoms with Gasteiger partial charge in [0.15, 0.2) is 37.7 Å². The number of benzene rings is 2. The summed E-state index contributed by atoms with van der Waals surface area (Å²) in [6.45, 7) is -2.87. The van der Waals surface area contributed by atoms with Crippen LogP contribution in [0.5, 0.6) is 5.75 Å². The molecule has 12 bridgehead atoms. The monoisotopic (exact) mass is 1370 g/mol. The summed E-state index contributed by atoms with van der Waals surface area (Å²) in [5, 5.41) is 199. The summed E-state index contributed by atoms with van der Waals surface area (Å²) in [5.74, 6) is 0.594. The lowest BCUT2D eigenvalue weighted by molar-refractivity contribution is -0.404. The Balaban J connectivity index is 0.843. The van der Waals surface area contributed by atoms with Crippen LogP contribution in [0.25, 0.3) is 0 Å². The molecule has 22 saturated heterocycles. The van der Waals surface area contributed by atoms with E-state index >= 15 is 0 Å². The van der Waals surface area contributed by atoms with Gasteiger partial charge in [-0.25, -0.2) is 0 Å². The van der Waals surface area contributed by atoms with Crippen molar-refractivity contribution in [2.45, 2.75) is 223 Å². The van der Waals surface area contributed by atoms with Gasteiger partial charge in [0, 0.05) is 0 Å². The molecule has 2 aromatic rings. The largest absolute Gasteiger partial charge is 0.491 e. The number of rotatable bonds is 24. The second-order valence-corrected chi connectivity index (χ2v) is 24.0. The molecular formula is C60H92N2O33. The van der Waals surface area contributed by atoms with E-state index in [9.17, 15) is 86.8 Å². The molecule has 0 unspecified atom stereocenters. The Morgan fingerprint density at radius 2 is 0.600 bits per heavy atom. The summed E-state index contributed by atoms with van der Waals surface area (Å²) >= 11 is 0. The van der Waals surface area contributed by atoms with Gasteiger partial charge in [0.2, 0.25) is 0 Å². The maximum Gasteiger partial charge on any atom is 0.187 e. The van der Waals surface area contributed by atoms with E-state index in [0.29, 0.717) is 11.4 Å². The van der Waals surface area contributed by atoms with Gasteiger partial charge >= 0.3 is 0 Å². The summed E-state index contributed by atoms with van der Waals surface area (Å²) in [6.07, 6.45) is -53.1. The molecule has 0 saturated carbocycles. The molecule has 35 heteroatoms. The number of aryl methyl sites for hydroxylation is 1. The fourth-order valence-electron chi connectivity index (χ4n) is 12.0. The molecule has 0 radical (unpaired) electrons. The number of hydrogen-bond acceptors (Lipinski definition) is 35. The normalized spacial score (nSPS) is 42.1. The van der Waals surface area contributed by atoms with Crippen molar-refractivity contribution in [2.75, 3.05) is 79.3 Å². The van der Waals surface area contributed by atoms with Crippen molar-refractivity contribution >= 4 is 11.4 Å². The van der Waals surface area contributed by atoms with Crippen LogP contribution in [-0.2, 0) is 77.5 Å². The summed E-state index contributed by atoms with van der Waals surface area (Å²) in [4.78, 5) is 0. The molecule has 0 spiro atoms. The summed E-state index contributed by atoms with van der Waals surface area (Å²) in [5.41, 5.74) is 2.67. The Hall–Kier alpha value is -3.44. The predicted molar refractivity (Wildman–Crippen MR) is 312 cm³/mol. The molecule has 35 nitrogen and oxygen atoms in total. The highest BCUT2D eigenvalue weighted by atomic mass is 16.8. The van der Waals surface area contributed by atoms with Crippen molar-refractivity contribution in [1.82, 2.24) is 0 Å². The maximum atomic E-state index is 11.8. The molecule has 22 fully saturated rings. The van der Waals surface area contributed by atoms with Crippen molar-refractivity contribution in [3.63, 3.8) is 0 Å². The predicted octanol–water partition coefficient (Wildman–Crippen LogP) is -6.38. The van der Waals surface area contributed by atoms with Crippen LogP contribution in [0, 0.1) is 0 Å². The second-order valence-electron chi connectivity index (χ2n) is 24.0. The van der Waals surface area contributed by atoms with Crippen LogP contribution in [0.3, 0.4) is 0 Å². The molecule has 540 valence electrons. The Morgan fingerprint density at radius 1 is 0.316 bits per heavy atom. The molecule has 22 aliphatic heterocycles. The van der Waals surface area contributed by atoms with E-state index in [-0.39, 0.29) is 39.6 Å². The molecular weight excluding hydrogens is 1280 g/mol. The van der Waals surface area contributed by atoms with Crippen molar-refractivity contribution in [2.24, 2.45) is 10.2 Å². The Morgan fingerprint density at radius 3 is 0.916 bits per heavy atom. The van der Waals surface area contributed by atoms with Gasteiger partial charge in [-0.05, 0) is 54.8 Å². The third-order valence-electron chi connectivity index (χ3n) is 17.4. The smallest absolute Gasteiger partial charge is 0.187 e. The van der Waals surface area contributed by atoms with Gasteiger partial charge in [-0.2, -0.15) is 10.2 Å². The van der Waals surface area contributed by atoms with E-state index in [0.717, 1.165) is 18.5 Å². The fourth-order valence-corrected chi connectivity index (χ4v) is 12.0. The van der Waals surface area contributed by atoms with Crippen LogP contribution in [0.2, 0.25) is 0 Å². The van der Waals surface area contributed by atoms with Gasteiger partial charge in [-0.1, -0.05) is 38.3 Å². The number of azo groups is 1. The molecule has 22 aliphatic rings. The number of aliphatic hydroxyl groups excluding tert-OH is 17. The number of aliphatic hydroxyl groups is 17. The zero-order chi connectivity index (χ0) is 68.0. The Labute approximate surface area is 545 Å². The highest BCUT2D eigenvalue weighted by molar-refractivity contribution is 5.43. The number of hydrogen-bond donors (Lipinski definition) is 17. The third kappa shape index (κ3) is 18.6. The maximum absolute atomic E-state index is 11.8. The second kappa shape index (κ2) is 36.2. The lowest BCUT2D eigenvalue weighted by atomic mass is 9.94. The van der Waals surface area contributed by atoms with E-state index in [1.54, 1.807) is 24.3 Å². The van der Waals surface area contributed by atoms with Crippen LogP contribution >= 0.6 is 0 Å². The lowest BCUT2D eigenvalue weighted by Gasteiger charge is -2.50. The molecule has 0 aromatic heterocycles. The van der Waals surface area contributed by atoms with Crippen molar-refractivity contribution in [1.29, 1.82) is 0 Å². The van der Waals surface area contributed by atoms with Crippen molar-refractivity contribution in [3.8, 4) is 5.75 Å². The van der Waals surface area contributed by atoms with Crippen molar-refractivity contribution < 1.29 is 163 Å². The average Bonchev–Trinajstić information content (AvgIpc) is 0.786. The van der Waals surface area contributed by atoms with E-state index in [2.05, 4.69) is 29.3 Å². The van der Waals surface area contributed by atoms with Crippen LogP contribution in [0.1, 0.15) is 38.2 Å². The van der Waals surface area contributed by atoms with Crippen molar-refractivity contribution in [3.05, 3.63) is 54.1 Å². The minimum Gasteiger partial charge on any atom is -0.491 e. The molecule has 17 N–H and O–H groups in total. The van der Waals surface area contributed by atoms with Crippen LogP contribution in [0.4, 0.5) is 11.4 Å². The number of unbranched alkanes of at least 4 members (excludes halogenated alkanes) is 3. The van der Waals surface area contributed by atoms with Gasteiger partial charge in [-0.15, -0.1) is 0 Å². The number of ether oxygens (including phenoxy) is 16. The number of nitrogens with zero attached hydrogens (tertiary/aromatic N) is 2. The van der Waals surface area contributed by atoms with E-state index in [4.69, 9.17) is 75.8 Å². The Bertz CT molecular complexity index is 2560. The minimum absolute atomic E-state index is 0.0360. The topological polar surface area (TPSA) is 516 Å². The van der Waals surface area contributed by atoms with Gasteiger partial charge in [0.05, 0.1) is 84.1 Å². The van der Waals surface area contributed by atoms with E-state index in [1.165, 1.54) is 24.8 Å². The highest BCUT2D eigenvalue weighted by Crippen LogP contribution is 2.39. The van der Waals surface area contributed by atoms with Crippen LogP contribution < -0.4 is 4.74 Å². The molecule has 30 atom stereocenters. The summed E-state index contributed by atoms with van der Waals surface area (Å²) in [6, 6.07) is 15.1. The molecule has 0 aliphatic carbocycles. The molecule has 24 rings (SSSR count). The molecule has 95 heavy (non-hydrogen) atoms. The molecule has 2 aromatic carbocycles. The molecule has 0 amide bonds.